The van der Waals surface area contributed by atoms with E-state index in [9.17, 15) is 18.5 Å². The fourth-order valence-electron chi connectivity index (χ4n) is 2.79. The van der Waals surface area contributed by atoms with Crippen molar-refractivity contribution in [2.45, 2.75) is 4.90 Å². The van der Waals surface area contributed by atoms with Crippen molar-refractivity contribution >= 4 is 15.8 Å². The molecule has 2 aliphatic rings. The molecular weight excluding hydrogens is 284 g/mol. The molecule has 3 rings (SSSR count). The third-order valence-corrected chi connectivity index (χ3v) is 5.72. The molecule has 0 aliphatic carbocycles. The van der Waals surface area contributed by atoms with Gasteiger partial charge in [0.1, 0.15) is 4.90 Å². The number of rotatable bonds is 3. The van der Waals surface area contributed by atoms with Gasteiger partial charge in [0.05, 0.1) is 0 Å². The zero-order chi connectivity index (χ0) is 14.3. The second-order valence-corrected chi connectivity index (χ2v) is 7.05. The molecule has 0 unspecified atom stereocenters. The van der Waals surface area contributed by atoms with Crippen LogP contribution >= 0.6 is 0 Å². The number of aromatic nitrogens is 1. The molecular formula is C11H14N4O4S. The van der Waals surface area contributed by atoms with Crippen molar-refractivity contribution in [3.05, 3.63) is 28.4 Å². The summed E-state index contributed by atoms with van der Waals surface area (Å²) in [6.45, 7) is 2.68. The van der Waals surface area contributed by atoms with Crippen molar-refractivity contribution in [2.75, 3.05) is 26.2 Å². The minimum absolute atomic E-state index is 0.0102. The summed E-state index contributed by atoms with van der Waals surface area (Å²) >= 11 is 0. The number of pyridine rings is 1. The van der Waals surface area contributed by atoms with Crippen LogP contribution in [0.25, 0.3) is 0 Å². The van der Waals surface area contributed by atoms with E-state index in [2.05, 4.69) is 10.3 Å². The maximum Gasteiger partial charge on any atom is 0.363 e. The quantitative estimate of drug-likeness (QED) is 0.613. The third-order valence-electron chi connectivity index (χ3n) is 3.90. The molecule has 1 N–H and O–H groups in total. The van der Waals surface area contributed by atoms with Gasteiger partial charge < -0.3 is 15.4 Å². The number of sulfonamides is 1. The first-order valence-electron chi connectivity index (χ1n) is 6.30. The Hall–Kier alpha value is -1.58. The molecule has 20 heavy (non-hydrogen) atoms. The zero-order valence-corrected chi connectivity index (χ0v) is 11.4. The summed E-state index contributed by atoms with van der Waals surface area (Å²) in [4.78, 5) is 13.5. The van der Waals surface area contributed by atoms with Gasteiger partial charge in [-0.25, -0.2) is 8.42 Å². The smallest absolute Gasteiger partial charge is 0.358 e. The number of hydrogen-bond donors (Lipinski definition) is 1. The Morgan fingerprint density at radius 1 is 1.30 bits per heavy atom. The van der Waals surface area contributed by atoms with Gasteiger partial charge in [-0.3, -0.25) is 0 Å². The third kappa shape index (κ3) is 2.17. The van der Waals surface area contributed by atoms with Crippen LogP contribution in [0.15, 0.2) is 23.2 Å². The Morgan fingerprint density at radius 2 is 1.95 bits per heavy atom. The monoisotopic (exact) mass is 298 g/mol. The lowest BCUT2D eigenvalue weighted by Crippen LogP contribution is -2.32. The van der Waals surface area contributed by atoms with Crippen LogP contribution in [0.4, 0.5) is 5.82 Å². The maximum atomic E-state index is 12.4. The molecule has 3 heterocycles. The van der Waals surface area contributed by atoms with Crippen LogP contribution in [-0.2, 0) is 10.0 Å². The van der Waals surface area contributed by atoms with Gasteiger partial charge in [-0.1, -0.05) is 0 Å². The van der Waals surface area contributed by atoms with Crippen molar-refractivity contribution in [3.8, 4) is 0 Å². The van der Waals surface area contributed by atoms with Crippen LogP contribution in [-0.4, -0.2) is 48.8 Å². The van der Waals surface area contributed by atoms with Crippen molar-refractivity contribution in [2.24, 2.45) is 11.8 Å². The molecule has 0 aromatic carbocycles. The lowest BCUT2D eigenvalue weighted by molar-refractivity contribution is -0.389. The van der Waals surface area contributed by atoms with Crippen LogP contribution < -0.4 is 5.32 Å². The van der Waals surface area contributed by atoms with E-state index >= 15 is 0 Å². The molecule has 0 radical (unpaired) electrons. The van der Waals surface area contributed by atoms with Gasteiger partial charge in [-0.15, -0.1) is 0 Å². The average molecular weight is 298 g/mol. The minimum atomic E-state index is -3.60. The molecule has 0 bridgehead atoms. The van der Waals surface area contributed by atoms with Crippen molar-refractivity contribution in [1.82, 2.24) is 14.6 Å². The highest BCUT2D eigenvalue weighted by atomic mass is 32.2. The molecule has 0 saturated carbocycles. The summed E-state index contributed by atoms with van der Waals surface area (Å²) in [6, 6.07) is 2.36. The first kappa shape index (κ1) is 13.4. The molecule has 2 atom stereocenters. The van der Waals surface area contributed by atoms with Crippen LogP contribution in [0.5, 0.6) is 0 Å². The molecule has 2 fully saturated rings. The van der Waals surface area contributed by atoms with Crippen LogP contribution in [0.2, 0.25) is 0 Å². The van der Waals surface area contributed by atoms with Gasteiger partial charge in [-0.05, 0) is 40.9 Å². The molecule has 0 amide bonds. The van der Waals surface area contributed by atoms with E-state index < -0.39 is 14.9 Å². The molecule has 2 aliphatic heterocycles. The zero-order valence-electron chi connectivity index (χ0n) is 10.6. The Labute approximate surface area is 116 Å². The predicted molar refractivity (Wildman–Crippen MR) is 69.5 cm³/mol. The first-order chi connectivity index (χ1) is 9.48. The lowest BCUT2D eigenvalue weighted by Gasteiger charge is -2.16. The fraction of sp³-hybridized carbons (Fsp3) is 0.545. The highest BCUT2D eigenvalue weighted by Gasteiger charge is 2.41. The van der Waals surface area contributed by atoms with Crippen LogP contribution in [0.1, 0.15) is 0 Å². The molecule has 108 valence electrons. The second kappa shape index (κ2) is 4.76. The Bertz CT molecular complexity index is 618. The Balaban J connectivity index is 1.83. The largest absolute Gasteiger partial charge is 0.363 e. The minimum Gasteiger partial charge on any atom is -0.358 e. The Kier molecular flexibility index (Phi) is 3.19. The highest BCUT2D eigenvalue weighted by Crippen LogP contribution is 2.30. The van der Waals surface area contributed by atoms with E-state index in [0.717, 1.165) is 25.4 Å². The van der Waals surface area contributed by atoms with E-state index in [1.54, 1.807) is 0 Å². The molecule has 9 heteroatoms. The van der Waals surface area contributed by atoms with Gasteiger partial charge in [0.15, 0.2) is 6.20 Å². The van der Waals surface area contributed by atoms with E-state index in [4.69, 9.17) is 0 Å². The van der Waals surface area contributed by atoms with Crippen molar-refractivity contribution in [3.63, 3.8) is 0 Å². The van der Waals surface area contributed by atoms with Crippen molar-refractivity contribution in [1.29, 1.82) is 0 Å². The van der Waals surface area contributed by atoms with E-state index in [1.165, 1.54) is 10.4 Å². The summed E-state index contributed by atoms with van der Waals surface area (Å²) in [7, 11) is -3.60. The number of fused-ring (bicyclic) bond motifs is 1. The van der Waals surface area contributed by atoms with E-state index in [1.807, 2.05) is 0 Å². The van der Waals surface area contributed by atoms with Gasteiger partial charge in [0, 0.05) is 19.2 Å². The summed E-state index contributed by atoms with van der Waals surface area (Å²) in [5.74, 6) is 0.359. The summed E-state index contributed by atoms with van der Waals surface area (Å²) in [6.07, 6.45) is 1.06. The second-order valence-electron chi connectivity index (χ2n) is 5.11. The normalized spacial score (nSPS) is 26.6. The van der Waals surface area contributed by atoms with Crippen LogP contribution in [0, 0.1) is 22.0 Å². The Morgan fingerprint density at radius 3 is 2.45 bits per heavy atom. The van der Waals surface area contributed by atoms with E-state index in [-0.39, 0.29) is 10.7 Å². The standard InChI is InChI=1S/C11H14N4O4S/c16-15(17)11-2-1-10(5-13-11)20(18,19)14-6-8-3-12-4-9(8)7-14/h1-2,5,8-9,12H,3-4,6-7H2/t8-,9+. The number of hydrogen-bond acceptors (Lipinski definition) is 6. The number of nitrogens with zero attached hydrogens (tertiary/aromatic N) is 3. The average Bonchev–Trinajstić information content (AvgIpc) is 2.99. The van der Waals surface area contributed by atoms with Gasteiger partial charge in [0.2, 0.25) is 10.0 Å². The summed E-state index contributed by atoms with van der Waals surface area (Å²) in [5.41, 5.74) is 0. The number of nitro groups is 1. The molecule has 0 spiro atoms. The summed E-state index contributed by atoms with van der Waals surface area (Å²) in [5, 5.41) is 13.8. The fourth-order valence-corrected chi connectivity index (χ4v) is 4.29. The molecule has 1 aromatic rings. The van der Waals surface area contributed by atoms with Gasteiger partial charge >= 0.3 is 5.82 Å². The predicted octanol–water partition coefficient (Wildman–Crippen LogP) is -0.170. The number of nitrogens with one attached hydrogen (secondary N) is 1. The molecule has 8 nitrogen and oxygen atoms in total. The van der Waals surface area contributed by atoms with E-state index in [0.29, 0.717) is 24.9 Å². The lowest BCUT2D eigenvalue weighted by atomic mass is 10.0. The van der Waals surface area contributed by atoms with Crippen molar-refractivity contribution < 1.29 is 13.3 Å². The van der Waals surface area contributed by atoms with Gasteiger partial charge in [0.25, 0.3) is 0 Å². The summed E-state index contributed by atoms with van der Waals surface area (Å²) < 4.78 is 26.3. The molecule has 1 aromatic heterocycles. The molecule has 2 saturated heterocycles. The maximum absolute atomic E-state index is 12.4. The highest BCUT2D eigenvalue weighted by molar-refractivity contribution is 7.89. The first-order valence-corrected chi connectivity index (χ1v) is 7.74. The van der Waals surface area contributed by atoms with Gasteiger partial charge in [-0.2, -0.15) is 4.31 Å². The SMILES string of the molecule is O=[N+]([O-])c1ccc(S(=O)(=O)N2C[C@H]3CNC[C@H]3C2)cn1. The topological polar surface area (TPSA) is 105 Å². The van der Waals surface area contributed by atoms with Crippen LogP contribution in [0.3, 0.4) is 0 Å².